The van der Waals surface area contributed by atoms with Gasteiger partial charge in [0.2, 0.25) is 5.91 Å². The lowest BCUT2D eigenvalue weighted by molar-refractivity contribution is -0.122. The van der Waals surface area contributed by atoms with Crippen molar-refractivity contribution < 1.29 is 9.53 Å². The van der Waals surface area contributed by atoms with Crippen LogP contribution in [-0.2, 0) is 9.53 Å². The lowest BCUT2D eigenvalue weighted by atomic mass is 10.2. The Morgan fingerprint density at radius 3 is 2.81 bits per heavy atom. The summed E-state index contributed by atoms with van der Waals surface area (Å²) in [5.74, 6) is -0.0375. The molecule has 3 N–H and O–H groups in total. The maximum Gasteiger partial charge on any atom is 0.236 e. The first-order valence-corrected chi connectivity index (χ1v) is 6.07. The predicted octanol–water partition coefficient (Wildman–Crippen LogP) is -0.438. The third-order valence-corrected chi connectivity index (χ3v) is 2.83. The van der Waals surface area contributed by atoms with E-state index in [2.05, 4.69) is 10.2 Å². The molecule has 5 nitrogen and oxygen atoms in total. The van der Waals surface area contributed by atoms with E-state index in [0.717, 1.165) is 39.3 Å². The zero-order chi connectivity index (χ0) is 11.8. The third kappa shape index (κ3) is 4.92. The fourth-order valence-electron chi connectivity index (χ4n) is 1.66. The number of rotatable bonds is 6. The molecular weight excluding hydrogens is 206 g/mol. The van der Waals surface area contributed by atoms with Crippen LogP contribution in [-0.4, -0.2) is 56.2 Å². The summed E-state index contributed by atoms with van der Waals surface area (Å²) in [4.78, 5) is 13.7. The second-order valence-corrected chi connectivity index (χ2v) is 4.11. The van der Waals surface area contributed by atoms with Crippen molar-refractivity contribution in [2.24, 2.45) is 5.73 Å². The number of carbonyl (C=O) groups excluding carboxylic acids is 1. The van der Waals surface area contributed by atoms with Crippen LogP contribution in [0.25, 0.3) is 0 Å². The minimum Gasteiger partial charge on any atom is -0.379 e. The molecule has 0 aromatic carbocycles. The summed E-state index contributed by atoms with van der Waals surface area (Å²) < 4.78 is 5.26. The van der Waals surface area contributed by atoms with Gasteiger partial charge in [-0.05, 0) is 19.4 Å². The molecule has 0 unspecified atom stereocenters. The van der Waals surface area contributed by atoms with Crippen molar-refractivity contribution in [2.45, 2.75) is 25.8 Å². The van der Waals surface area contributed by atoms with Crippen LogP contribution in [0.5, 0.6) is 0 Å². The van der Waals surface area contributed by atoms with E-state index in [-0.39, 0.29) is 11.9 Å². The number of ether oxygens (including phenoxy) is 1. The Balaban J connectivity index is 2.00. The average molecular weight is 229 g/mol. The highest BCUT2D eigenvalue weighted by Crippen LogP contribution is 1.97. The van der Waals surface area contributed by atoms with Crippen molar-refractivity contribution in [2.75, 3.05) is 39.4 Å². The fraction of sp³-hybridized carbons (Fsp3) is 0.909. The van der Waals surface area contributed by atoms with Gasteiger partial charge >= 0.3 is 0 Å². The van der Waals surface area contributed by atoms with Gasteiger partial charge in [-0.3, -0.25) is 9.69 Å². The first kappa shape index (κ1) is 13.4. The Labute approximate surface area is 97.3 Å². The van der Waals surface area contributed by atoms with Crippen LogP contribution in [0.15, 0.2) is 0 Å². The Morgan fingerprint density at radius 2 is 2.19 bits per heavy atom. The quantitative estimate of drug-likeness (QED) is 0.606. The topological polar surface area (TPSA) is 67.6 Å². The molecule has 0 bridgehead atoms. The average Bonchev–Trinajstić information content (AvgIpc) is 2.34. The molecule has 0 aromatic rings. The molecule has 1 atom stereocenters. The second kappa shape index (κ2) is 7.60. The Kier molecular flexibility index (Phi) is 6.37. The molecule has 1 heterocycles. The molecule has 1 saturated heterocycles. The summed E-state index contributed by atoms with van der Waals surface area (Å²) in [6.07, 6.45) is 1.66. The van der Waals surface area contributed by atoms with Crippen LogP contribution in [0.4, 0.5) is 0 Å². The maximum absolute atomic E-state index is 11.4. The van der Waals surface area contributed by atoms with Gasteiger partial charge in [0.25, 0.3) is 0 Å². The largest absolute Gasteiger partial charge is 0.379 e. The van der Waals surface area contributed by atoms with E-state index in [1.54, 1.807) is 0 Å². The number of hydrogen-bond acceptors (Lipinski definition) is 4. The van der Waals surface area contributed by atoms with Crippen LogP contribution in [0.1, 0.15) is 19.8 Å². The molecule has 1 rings (SSSR count). The number of nitrogens with one attached hydrogen (secondary N) is 1. The Morgan fingerprint density at radius 1 is 1.50 bits per heavy atom. The monoisotopic (exact) mass is 229 g/mol. The summed E-state index contributed by atoms with van der Waals surface area (Å²) in [6, 6.07) is -0.358. The maximum atomic E-state index is 11.4. The molecular formula is C11H23N3O2. The van der Waals surface area contributed by atoms with E-state index >= 15 is 0 Å². The highest BCUT2D eigenvalue weighted by molar-refractivity contribution is 5.81. The van der Waals surface area contributed by atoms with E-state index in [1.807, 2.05) is 6.92 Å². The van der Waals surface area contributed by atoms with Crippen LogP contribution >= 0.6 is 0 Å². The zero-order valence-electron chi connectivity index (χ0n) is 10.1. The minimum absolute atomic E-state index is 0.0375. The van der Waals surface area contributed by atoms with Crippen molar-refractivity contribution in [1.29, 1.82) is 0 Å². The Bertz CT molecular complexity index is 205. The fourth-order valence-corrected chi connectivity index (χ4v) is 1.66. The summed E-state index contributed by atoms with van der Waals surface area (Å²) in [6.45, 7) is 7.30. The van der Waals surface area contributed by atoms with Crippen molar-refractivity contribution in [3.05, 3.63) is 0 Å². The second-order valence-electron chi connectivity index (χ2n) is 4.11. The van der Waals surface area contributed by atoms with Gasteiger partial charge in [-0.25, -0.2) is 0 Å². The molecule has 1 aliphatic heterocycles. The molecule has 1 amide bonds. The molecule has 0 radical (unpaired) electrons. The van der Waals surface area contributed by atoms with E-state index in [1.165, 1.54) is 0 Å². The molecule has 0 aliphatic carbocycles. The van der Waals surface area contributed by atoms with Crippen LogP contribution < -0.4 is 11.1 Å². The minimum atomic E-state index is -0.358. The van der Waals surface area contributed by atoms with Gasteiger partial charge in [-0.15, -0.1) is 0 Å². The molecule has 1 aliphatic rings. The van der Waals surface area contributed by atoms with Crippen LogP contribution in [0.2, 0.25) is 0 Å². The van der Waals surface area contributed by atoms with Gasteiger partial charge in [-0.1, -0.05) is 6.92 Å². The van der Waals surface area contributed by atoms with Gasteiger partial charge in [-0.2, -0.15) is 0 Å². The summed E-state index contributed by atoms with van der Waals surface area (Å²) in [5.41, 5.74) is 5.60. The summed E-state index contributed by atoms with van der Waals surface area (Å²) in [7, 11) is 0. The Hall–Kier alpha value is -0.650. The van der Waals surface area contributed by atoms with Crippen LogP contribution in [0, 0.1) is 0 Å². The molecule has 16 heavy (non-hydrogen) atoms. The first-order valence-electron chi connectivity index (χ1n) is 6.07. The van der Waals surface area contributed by atoms with E-state index < -0.39 is 0 Å². The van der Waals surface area contributed by atoms with Crippen molar-refractivity contribution in [3.8, 4) is 0 Å². The number of hydrogen-bond donors (Lipinski definition) is 2. The number of carbonyl (C=O) groups is 1. The highest BCUT2D eigenvalue weighted by Gasteiger charge is 2.11. The van der Waals surface area contributed by atoms with Gasteiger partial charge in [0.05, 0.1) is 19.3 Å². The van der Waals surface area contributed by atoms with E-state index in [0.29, 0.717) is 13.0 Å². The molecule has 0 spiro atoms. The number of nitrogens with zero attached hydrogens (tertiary/aromatic N) is 1. The van der Waals surface area contributed by atoms with Crippen molar-refractivity contribution in [3.63, 3.8) is 0 Å². The molecule has 5 heteroatoms. The van der Waals surface area contributed by atoms with Gasteiger partial charge in [0.15, 0.2) is 0 Å². The molecule has 1 fully saturated rings. The number of amides is 1. The first-order chi connectivity index (χ1) is 7.74. The highest BCUT2D eigenvalue weighted by atomic mass is 16.5. The predicted molar refractivity (Wildman–Crippen MR) is 63.2 cm³/mol. The molecule has 0 saturated carbocycles. The van der Waals surface area contributed by atoms with E-state index in [9.17, 15) is 4.79 Å². The van der Waals surface area contributed by atoms with Crippen molar-refractivity contribution >= 4 is 5.91 Å². The SMILES string of the molecule is CC[C@@H](N)C(=O)NCCCN1CCOCC1. The molecule has 94 valence electrons. The standard InChI is InChI=1S/C11H23N3O2/c1-2-10(12)11(15)13-4-3-5-14-6-8-16-9-7-14/h10H,2-9,12H2,1H3,(H,13,15)/t10-/m1/s1. The lowest BCUT2D eigenvalue weighted by Gasteiger charge is -2.26. The lowest BCUT2D eigenvalue weighted by Crippen LogP contribution is -2.42. The third-order valence-electron chi connectivity index (χ3n) is 2.83. The number of morpholine rings is 1. The zero-order valence-corrected chi connectivity index (χ0v) is 10.1. The van der Waals surface area contributed by atoms with Crippen LogP contribution in [0.3, 0.4) is 0 Å². The summed E-state index contributed by atoms with van der Waals surface area (Å²) in [5, 5.41) is 2.85. The summed E-state index contributed by atoms with van der Waals surface area (Å²) >= 11 is 0. The van der Waals surface area contributed by atoms with Gasteiger partial charge < -0.3 is 15.8 Å². The molecule has 0 aromatic heterocycles. The van der Waals surface area contributed by atoms with E-state index in [4.69, 9.17) is 10.5 Å². The van der Waals surface area contributed by atoms with Gasteiger partial charge in [0.1, 0.15) is 0 Å². The number of nitrogens with two attached hydrogens (primary N) is 1. The van der Waals surface area contributed by atoms with Gasteiger partial charge in [0, 0.05) is 19.6 Å². The van der Waals surface area contributed by atoms with Crippen molar-refractivity contribution in [1.82, 2.24) is 10.2 Å². The smallest absolute Gasteiger partial charge is 0.236 e. The normalized spacial score (nSPS) is 19.4.